The number of hydrogen-bond acceptors (Lipinski definition) is 4. The summed E-state index contributed by atoms with van der Waals surface area (Å²) in [6.45, 7) is 0. The van der Waals surface area contributed by atoms with Gasteiger partial charge in [0, 0.05) is 12.1 Å². The number of aromatic nitrogens is 1. The van der Waals surface area contributed by atoms with Crippen LogP contribution in [0.2, 0.25) is 5.02 Å². The van der Waals surface area contributed by atoms with E-state index in [9.17, 15) is 12.8 Å². The number of pyridine rings is 1. The average molecular weight is 303 g/mol. The van der Waals surface area contributed by atoms with E-state index in [1.807, 2.05) is 0 Å². The van der Waals surface area contributed by atoms with E-state index >= 15 is 0 Å². The molecule has 5 nitrogen and oxygen atoms in total. The number of nitrogens with zero attached hydrogens (tertiary/aromatic N) is 1. The van der Waals surface area contributed by atoms with Crippen LogP contribution in [0.25, 0.3) is 0 Å². The van der Waals surface area contributed by atoms with E-state index in [-0.39, 0.29) is 21.5 Å². The zero-order chi connectivity index (χ0) is 14.0. The van der Waals surface area contributed by atoms with Crippen molar-refractivity contribution in [3.05, 3.63) is 47.4 Å². The molecule has 0 bridgehead atoms. The van der Waals surface area contributed by atoms with Gasteiger partial charge < -0.3 is 4.74 Å². The highest BCUT2D eigenvalue weighted by Crippen LogP contribution is 2.24. The van der Waals surface area contributed by atoms with Crippen LogP contribution in [0, 0.1) is 5.82 Å². The van der Waals surface area contributed by atoms with Gasteiger partial charge in [-0.2, -0.15) is 0 Å². The van der Waals surface area contributed by atoms with Gasteiger partial charge in [-0.25, -0.2) is 22.9 Å². The second-order valence-corrected chi connectivity index (χ2v) is 5.52. The van der Waals surface area contributed by atoms with Gasteiger partial charge in [-0.15, -0.1) is 0 Å². The van der Waals surface area contributed by atoms with Crippen molar-refractivity contribution < 1.29 is 17.5 Å². The average Bonchev–Trinajstić information content (AvgIpc) is 2.33. The van der Waals surface area contributed by atoms with Gasteiger partial charge in [-0.3, -0.25) is 0 Å². The molecule has 0 aliphatic heterocycles. The number of primary sulfonamides is 1. The summed E-state index contributed by atoms with van der Waals surface area (Å²) in [5.74, 6) is -0.327. The molecule has 19 heavy (non-hydrogen) atoms. The number of nitrogens with two attached hydrogens (primary N) is 1. The molecule has 2 N–H and O–H groups in total. The van der Waals surface area contributed by atoms with Gasteiger partial charge >= 0.3 is 0 Å². The summed E-state index contributed by atoms with van der Waals surface area (Å²) >= 11 is 5.53. The Morgan fingerprint density at radius 3 is 2.53 bits per heavy atom. The van der Waals surface area contributed by atoms with Crippen LogP contribution in [0.5, 0.6) is 11.6 Å². The van der Waals surface area contributed by atoms with Gasteiger partial charge in [0.2, 0.25) is 15.9 Å². The molecular weight excluding hydrogens is 295 g/mol. The largest absolute Gasteiger partial charge is 0.439 e. The first-order chi connectivity index (χ1) is 8.86. The van der Waals surface area contributed by atoms with Crippen molar-refractivity contribution in [3.8, 4) is 11.6 Å². The summed E-state index contributed by atoms with van der Waals surface area (Å²) in [5, 5.41) is 4.90. The van der Waals surface area contributed by atoms with Crippen molar-refractivity contribution in [3.63, 3.8) is 0 Å². The quantitative estimate of drug-likeness (QED) is 0.943. The molecule has 0 aliphatic rings. The molecule has 1 aromatic heterocycles. The fourth-order valence-corrected chi connectivity index (χ4v) is 1.83. The third-order valence-electron chi connectivity index (χ3n) is 2.15. The second kappa shape index (κ2) is 5.12. The fourth-order valence-electron chi connectivity index (χ4n) is 1.26. The van der Waals surface area contributed by atoms with Gasteiger partial charge in [0.25, 0.3) is 0 Å². The van der Waals surface area contributed by atoms with Crippen LogP contribution in [0.3, 0.4) is 0 Å². The number of benzene rings is 1. The van der Waals surface area contributed by atoms with E-state index in [2.05, 4.69) is 4.98 Å². The molecule has 1 heterocycles. The maximum atomic E-state index is 13.2. The van der Waals surface area contributed by atoms with Crippen molar-refractivity contribution in [2.24, 2.45) is 5.14 Å². The molecule has 1 aromatic carbocycles. The number of hydrogen-bond donors (Lipinski definition) is 1. The Hall–Kier alpha value is -1.70. The maximum Gasteiger partial charge on any atom is 0.239 e. The summed E-state index contributed by atoms with van der Waals surface area (Å²) in [6.07, 6.45) is 1.05. The minimum Gasteiger partial charge on any atom is -0.439 e. The van der Waals surface area contributed by atoms with Crippen LogP contribution in [-0.4, -0.2) is 13.4 Å². The predicted molar refractivity (Wildman–Crippen MR) is 67.1 cm³/mol. The zero-order valence-electron chi connectivity index (χ0n) is 9.38. The molecular formula is C11H8ClFN2O3S. The first-order valence-corrected chi connectivity index (χ1v) is 6.90. The summed E-state index contributed by atoms with van der Waals surface area (Å²) in [7, 11) is -3.80. The zero-order valence-corrected chi connectivity index (χ0v) is 11.0. The number of rotatable bonds is 3. The van der Waals surface area contributed by atoms with E-state index in [0.717, 1.165) is 12.3 Å². The molecule has 2 aromatic rings. The van der Waals surface area contributed by atoms with Gasteiger partial charge in [-0.1, -0.05) is 11.6 Å². The standard InChI is InChI=1S/C11H8ClFN2O3S/c12-9-3-1-7(5-10(9)13)18-11-4-2-8(6-15-11)19(14,16)17/h1-6H,(H2,14,16,17). The highest BCUT2D eigenvalue weighted by molar-refractivity contribution is 7.89. The molecule has 8 heteroatoms. The third kappa shape index (κ3) is 3.40. The fraction of sp³-hybridized carbons (Fsp3) is 0. The normalized spacial score (nSPS) is 11.3. The topological polar surface area (TPSA) is 82.3 Å². The van der Waals surface area contributed by atoms with Crippen molar-refractivity contribution in [2.45, 2.75) is 4.90 Å². The van der Waals surface area contributed by atoms with E-state index in [0.29, 0.717) is 0 Å². The molecule has 0 saturated heterocycles. The van der Waals surface area contributed by atoms with E-state index < -0.39 is 15.8 Å². The number of ether oxygens (including phenoxy) is 1. The molecule has 0 unspecified atom stereocenters. The van der Waals surface area contributed by atoms with Gasteiger partial charge in [0.15, 0.2) is 0 Å². The third-order valence-corrected chi connectivity index (χ3v) is 3.36. The Labute approximate surface area is 113 Å². The Kier molecular flexibility index (Phi) is 3.70. The molecule has 2 rings (SSSR count). The Morgan fingerprint density at radius 1 is 1.26 bits per heavy atom. The Balaban J connectivity index is 2.22. The van der Waals surface area contributed by atoms with Crippen LogP contribution >= 0.6 is 11.6 Å². The van der Waals surface area contributed by atoms with Gasteiger partial charge in [0.1, 0.15) is 16.5 Å². The van der Waals surface area contributed by atoms with Crippen molar-refractivity contribution in [2.75, 3.05) is 0 Å². The van der Waals surface area contributed by atoms with Crippen LogP contribution in [0.1, 0.15) is 0 Å². The maximum absolute atomic E-state index is 13.2. The molecule has 0 atom stereocenters. The molecule has 0 aliphatic carbocycles. The van der Waals surface area contributed by atoms with Crippen molar-refractivity contribution in [1.82, 2.24) is 4.98 Å². The molecule has 0 amide bonds. The molecule has 0 spiro atoms. The minimum atomic E-state index is -3.80. The smallest absolute Gasteiger partial charge is 0.239 e. The lowest BCUT2D eigenvalue weighted by Crippen LogP contribution is -2.12. The Bertz CT molecular complexity index is 704. The van der Waals surface area contributed by atoms with E-state index in [1.54, 1.807) is 0 Å². The SMILES string of the molecule is NS(=O)(=O)c1ccc(Oc2ccc(Cl)c(F)c2)nc1. The molecule has 0 fully saturated rings. The van der Waals surface area contributed by atoms with Crippen LogP contribution in [0.4, 0.5) is 4.39 Å². The number of sulfonamides is 1. The molecule has 0 saturated carbocycles. The summed E-state index contributed by atoms with van der Waals surface area (Å²) in [5.41, 5.74) is 0. The van der Waals surface area contributed by atoms with E-state index in [4.69, 9.17) is 21.5 Å². The summed E-state index contributed by atoms with van der Waals surface area (Å²) < 4.78 is 40.4. The minimum absolute atomic E-state index is 0.0233. The number of halogens is 2. The molecule has 100 valence electrons. The lowest BCUT2D eigenvalue weighted by molar-refractivity contribution is 0.457. The molecule has 0 radical (unpaired) electrons. The van der Waals surface area contributed by atoms with Crippen LogP contribution in [-0.2, 0) is 10.0 Å². The lowest BCUT2D eigenvalue weighted by Gasteiger charge is -2.05. The van der Waals surface area contributed by atoms with Crippen molar-refractivity contribution >= 4 is 21.6 Å². The monoisotopic (exact) mass is 302 g/mol. The van der Waals surface area contributed by atoms with Crippen LogP contribution < -0.4 is 9.88 Å². The Morgan fingerprint density at radius 2 is 2.00 bits per heavy atom. The second-order valence-electron chi connectivity index (χ2n) is 3.56. The highest BCUT2D eigenvalue weighted by Gasteiger charge is 2.09. The van der Waals surface area contributed by atoms with Crippen molar-refractivity contribution in [1.29, 1.82) is 0 Å². The van der Waals surface area contributed by atoms with Gasteiger partial charge in [-0.05, 0) is 18.2 Å². The first kappa shape index (κ1) is 13.7. The van der Waals surface area contributed by atoms with Gasteiger partial charge in [0.05, 0.1) is 11.2 Å². The van der Waals surface area contributed by atoms with E-state index in [1.165, 1.54) is 24.3 Å². The summed E-state index contributed by atoms with van der Waals surface area (Å²) in [4.78, 5) is 3.62. The first-order valence-electron chi connectivity index (χ1n) is 4.98. The highest BCUT2D eigenvalue weighted by atomic mass is 35.5. The lowest BCUT2D eigenvalue weighted by atomic mass is 10.3. The van der Waals surface area contributed by atoms with Crippen LogP contribution in [0.15, 0.2) is 41.4 Å². The predicted octanol–water partition coefficient (Wildman–Crippen LogP) is 2.31. The summed E-state index contributed by atoms with van der Waals surface area (Å²) in [6, 6.07) is 6.44.